The minimum absolute atomic E-state index is 0.276. The third-order valence-corrected chi connectivity index (χ3v) is 6.14. The molecule has 0 spiro atoms. The number of carbonyl (C=O) groups is 2. The average Bonchev–Trinajstić information content (AvgIpc) is 3.34. The molecule has 0 saturated carbocycles. The molecule has 0 bridgehead atoms. The highest BCUT2D eigenvalue weighted by molar-refractivity contribution is 6.04. The van der Waals surface area contributed by atoms with Crippen LogP contribution in [0.4, 0.5) is 19.0 Å². The van der Waals surface area contributed by atoms with Crippen LogP contribution in [-0.2, 0) is 11.0 Å². The first kappa shape index (κ1) is 24.2. The van der Waals surface area contributed by atoms with E-state index in [-0.39, 0.29) is 6.54 Å². The molecular weight excluding hydrogens is 485 g/mol. The number of nitrogens with one attached hydrogen (secondary N) is 1. The van der Waals surface area contributed by atoms with E-state index < -0.39 is 41.5 Å². The van der Waals surface area contributed by atoms with E-state index in [2.05, 4.69) is 20.4 Å². The van der Waals surface area contributed by atoms with Gasteiger partial charge in [-0.15, -0.1) is 0 Å². The van der Waals surface area contributed by atoms with Crippen molar-refractivity contribution >= 4 is 17.6 Å². The van der Waals surface area contributed by atoms with E-state index in [1.54, 1.807) is 17.8 Å². The van der Waals surface area contributed by atoms with E-state index in [9.17, 15) is 22.8 Å². The van der Waals surface area contributed by atoms with E-state index in [1.807, 2.05) is 60.7 Å². The number of nitrogens with zero attached hydrogens (tertiary/aromatic N) is 5. The third-order valence-electron chi connectivity index (χ3n) is 6.14. The number of para-hydroxylation sites is 1. The predicted molar refractivity (Wildman–Crippen MR) is 128 cm³/mol. The standard InChI is InChI=1S/C26H21F3N6O2/c1-2-34-24-18(15-31-35(24)17-11-7-4-8-12-17)20(16-9-5-3-6-10-16)21(25(34)37)33-23(36)22-30-14-13-19(32-22)26(27,28)29/h3-15,20-21H,2H2,1H3,(H,33,36)/t20-,21-/m0/s1. The molecule has 1 aliphatic heterocycles. The van der Waals surface area contributed by atoms with Crippen molar-refractivity contribution in [3.63, 3.8) is 0 Å². The first-order valence-electron chi connectivity index (χ1n) is 11.5. The number of benzene rings is 2. The summed E-state index contributed by atoms with van der Waals surface area (Å²) in [4.78, 5) is 35.5. The number of anilines is 1. The van der Waals surface area contributed by atoms with Crippen LogP contribution in [0.1, 0.15) is 40.3 Å². The molecule has 0 saturated heterocycles. The van der Waals surface area contributed by atoms with Gasteiger partial charge < -0.3 is 5.32 Å². The Hall–Kier alpha value is -4.54. The number of alkyl halides is 3. The van der Waals surface area contributed by atoms with Gasteiger partial charge >= 0.3 is 6.18 Å². The molecule has 0 aliphatic carbocycles. The summed E-state index contributed by atoms with van der Waals surface area (Å²) >= 11 is 0. The minimum Gasteiger partial charge on any atom is -0.337 e. The monoisotopic (exact) mass is 506 g/mol. The van der Waals surface area contributed by atoms with Crippen molar-refractivity contribution in [3.8, 4) is 5.69 Å². The highest BCUT2D eigenvalue weighted by Gasteiger charge is 2.44. The molecular formula is C26H21F3N6O2. The van der Waals surface area contributed by atoms with Gasteiger partial charge in [0, 0.05) is 24.2 Å². The lowest BCUT2D eigenvalue weighted by molar-refractivity contribution is -0.141. The normalized spacial score (nSPS) is 17.4. The second-order valence-electron chi connectivity index (χ2n) is 8.36. The summed E-state index contributed by atoms with van der Waals surface area (Å²) in [5, 5.41) is 7.15. The van der Waals surface area contributed by atoms with Crippen LogP contribution < -0.4 is 10.2 Å². The molecule has 37 heavy (non-hydrogen) atoms. The second-order valence-corrected chi connectivity index (χ2v) is 8.36. The SMILES string of the molecule is CCN1C(=O)[C@@H](NC(=O)c2nccc(C(F)(F)F)n2)[C@@H](c2ccccc2)c2cnn(-c3ccccc3)c21. The molecule has 11 heteroatoms. The van der Waals surface area contributed by atoms with Crippen LogP contribution in [0.2, 0.25) is 0 Å². The zero-order valence-electron chi connectivity index (χ0n) is 19.6. The van der Waals surface area contributed by atoms with E-state index >= 15 is 0 Å². The van der Waals surface area contributed by atoms with Gasteiger partial charge in [0.05, 0.1) is 11.9 Å². The smallest absolute Gasteiger partial charge is 0.337 e. The Balaban J connectivity index is 1.60. The molecule has 4 aromatic rings. The van der Waals surface area contributed by atoms with Crippen LogP contribution in [0.15, 0.2) is 79.1 Å². The molecule has 8 nitrogen and oxygen atoms in total. The zero-order valence-corrected chi connectivity index (χ0v) is 19.6. The van der Waals surface area contributed by atoms with Crippen molar-refractivity contribution in [2.45, 2.75) is 25.1 Å². The van der Waals surface area contributed by atoms with Crippen LogP contribution in [-0.4, -0.2) is 44.1 Å². The number of aromatic nitrogens is 4. The number of hydrogen-bond donors (Lipinski definition) is 1. The van der Waals surface area contributed by atoms with E-state index in [0.717, 1.165) is 17.4 Å². The van der Waals surface area contributed by atoms with Crippen LogP contribution in [0.3, 0.4) is 0 Å². The Bertz CT molecular complexity index is 1440. The Morgan fingerprint density at radius 2 is 1.70 bits per heavy atom. The fourth-order valence-corrected chi connectivity index (χ4v) is 4.51. The summed E-state index contributed by atoms with van der Waals surface area (Å²) in [5.41, 5.74) is 0.924. The highest BCUT2D eigenvalue weighted by atomic mass is 19.4. The summed E-state index contributed by atoms with van der Waals surface area (Å²) < 4.78 is 41.1. The van der Waals surface area contributed by atoms with E-state index in [1.165, 1.54) is 4.90 Å². The van der Waals surface area contributed by atoms with Gasteiger partial charge in [0.15, 0.2) is 0 Å². The van der Waals surface area contributed by atoms with Crippen molar-refractivity contribution in [1.82, 2.24) is 25.1 Å². The molecule has 1 aliphatic rings. The number of carbonyl (C=O) groups excluding carboxylic acids is 2. The Kier molecular flexibility index (Phi) is 6.20. The number of fused-ring (bicyclic) bond motifs is 1. The molecule has 188 valence electrons. The van der Waals surface area contributed by atoms with E-state index in [4.69, 9.17) is 0 Å². The van der Waals surface area contributed by atoms with Crippen LogP contribution in [0.25, 0.3) is 5.69 Å². The Morgan fingerprint density at radius 1 is 1.03 bits per heavy atom. The van der Waals surface area contributed by atoms with Crippen molar-refractivity contribution < 1.29 is 22.8 Å². The van der Waals surface area contributed by atoms with Gasteiger partial charge in [0.1, 0.15) is 17.6 Å². The Morgan fingerprint density at radius 3 is 2.35 bits per heavy atom. The first-order chi connectivity index (χ1) is 17.8. The van der Waals surface area contributed by atoms with Crippen molar-refractivity contribution in [1.29, 1.82) is 0 Å². The lowest BCUT2D eigenvalue weighted by Crippen LogP contribution is -2.55. The highest BCUT2D eigenvalue weighted by Crippen LogP contribution is 2.41. The van der Waals surface area contributed by atoms with Gasteiger partial charge in [0.25, 0.3) is 11.8 Å². The second kappa shape index (κ2) is 9.49. The topological polar surface area (TPSA) is 93.0 Å². The lowest BCUT2D eigenvalue weighted by atomic mass is 9.82. The van der Waals surface area contributed by atoms with Crippen LogP contribution in [0, 0.1) is 0 Å². The van der Waals surface area contributed by atoms with Crippen LogP contribution >= 0.6 is 0 Å². The molecule has 2 amide bonds. The maximum atomic E-state index is 13.8. The summed E-state index contributed by atoms with van der Waals surface area (Å²) in [5.74, 6) is -2.18. The van der Waals surface area contributed by atoms with Crippen LogP contribution in [0.5, 0.6) is 0 Å². The zero-order chi connectivity index (χ0) is 26.2. The van der Waals surface area contributed by atoms with Gasteiger partial charge in [-0.2, -0.15) is 18.3 Å². The lowest BCUT2D eigenvalue weighted by Gasteiger charge is -2.38. The van der Waals surface area contributed by atoms with Gasteiger partial charge in [-0.1, -0.05) is 48.5 Å². The van der Waals surface area contributed by atoms with Crippen molar-refractivity contribution in [2.24, 2.45) is 0 Å². The minimum atomic E-state index is -4.74. The maximum absolute atomic E-state index is 13.8. The van der Waals surface area contributed by atoms with Gasteiger partial charge in [-0.25, -0.2) is 14.6 Å². The van der Waals surface area contributed by atoms with E-state index in [0.29, 0.717) is 17.4 Å². The predicted octanol–water partition coefficient (Wildman–Crippen LogP) is 3.98. The van der Waals surface area contributed by atoms with Crippen molar-refractivity contribution in [2.75, 3.05) is 11.4 Å². The molecule has 5 rings (SSSR count). The quantitative estimate of drug-likeness (QED) is 0.442. The number of hydrogen-bond acceptors (Lipinski definition) is 5. The summed E-state index contributed by atoms with van der Waals surface area (Å²) in [6.07, 6.45) is -2.23. The molecule has 2 aromatic carbocycles. The number of rotatable bonds is 5. The maximum Gasteiger partial charge on any atom is 0.433 e. The largest absolute Gasteiger partial charge is 0.433 e. The Labute approximate surface area is 209 Å². The molecule has 3 heterocycles. The summed E-state index contributed by atoms with van der Waals surface area (Å²) in [7, 11) is 0. The van der Waals surface area contributed by atoms with Gasteiger partial charge in [-0.05, 0) is 30.7 Å². The van der Waals surface area contributed by atoms with Crippen molar-refractivity contribution in [3.05, 3.63) is 102 Å². The molecule has 0 unspecified atom stereocenters. The van der Waals surface area contributed by atoms with Gasteiger partial charge in [-0.3, -0.25) is 14.5 Å². The number of halogens is 3. The first-order valence-corrected chi connectivity index (χ1v) is 11.5. The third kappa shape index (κ3) is 4.44. The fraction of sp³-hybridized carbons (Fsp3) is 0.192. The number of likely N-dealkylation sites (N-methyl/N-ethyl adjacent to an activating group) is 1. The number of amides is 2. The fourth-order valence-electron chi connectivity index (χ4n) is 4.51. The molecule has 2 atom stereocenters. The molecule has 2 aromatic heterocycles. The summed E-state index contributed by atoms with van der Waals surface area (Å²) in [6.45, 7) is 2.07. The molecule has 0 radical (unpaired) electrons. The van der Waals surface area contributed by atoms with Gasteiger partial charge in [0.2, 0.25) is 5.82 Å². The molecule has 1 N–H and O–H groups in total. The summed E-state index contributed by atoms with van der Waals surface area (Å²) in [6, 6.07) is 17.9. The average molecular weight is 506 g/mol. The molecule has 0 fully saturated rings.